The molecule has 5 aromatic rings. The highest BCUT2D eigenvalue weighted by molar-refractivity contribution is 5.94. The second-order valence-electron chi connectivity index (χ2n) is 6.95. The first-order valence-electron chi connectivity index (χ1n) is 9.22. The normalized spacial score (nSPS) is 11.2. The van der Waals surface area contributed by atoms with Crippen molar-refractivity contribution in [3.05, 3.63) is 72.3 Å². The molecule has 0 aliphatic heterocycles. The van der Waals surface area contributed by atoms with Gasteiger partial charge in [-0.1, -0.05) is 12.1 Å². The van der Waals surface area contributed by atoms with Crippen LogP contribution in [0, 0.1) is 13.8 Å². The number of benzene rings is 1. The van der Waals surface area contributed by atoms with E-state index in [1.54, 1.807) is 18.6 Å². The van der Waals surface area contributed by atoms with Crippen LogP contribution in [0.4, 0.5) is 11.6 Å². The van der Waals surface area contributed by atoms with Crippen molar-refractivity contribution < 1.29 is 5.11 Å². The fraction of sp³-hybridized carbons (Fsp3) is 0.0909. The van der Waals surface area contributed by atoms with Crippen molar-refractivity contribution in [2.75, 3.05) is 5.32 Å². The number of aromatic hydroxyl groups is 1. The Morgan fingerprint density at radius 1 is 1.00 bits per heavy atom. The minimum atomic E-state index is 0.261. The standard InChI is InChI=1S/C22H18N6O/c1-13-6-7-18(29)14(2)21(13)16-9-15-11-24-20(26-19-5-3-4-8-23-19)10-17(15)28-12-25-27-22(16)28/h3-12,29H,1-2H3,(H,23,24,26). The van der Waals surface area contributed by atoms with E-state index in [1.807, 2.05) is 60.8 Å². The Balaban J connectivity index is 1.72. The van der Waals surface area contributed by atoms with Gasteiger partial charge in [0.05, 0.1) is 5.52 Å². The first kappa shape index (κ1) is 17.1. The van der Waals surface area contributed by atoms with E-state index in [0.29, 0.717) is 5.82 Å². The molecule has 0 aliphatic rings. The molecular formula is C22H18N6O. The van der Waals surface area contributed by atoms with Crippen LogP contribution in [0.5, 0.6) is 5.75 Å². The van der Waals surface area contributed by atoms with Gasteiger partial charge in [0.2, 0.25) is 0 Å². The van der Waals surface area contributed by atoms with Gasteiger partial charge in [-0.25, -0.2) is 9.97 Å². The van der Waals surface area contributed by atoms with E-state index in [2.05, 4.69) is 25.5 Å². The Hall–Kier alpha value is -4.00. The molecule has 29 heavy (non-hydrogen) atoms. The second-order valence-corrected chi connectivity index (χ2v) is 6.95. The molecule has 0 atom stereocenters. The van der Waals surface area contributed by atoms with Crippen LogP contribution in [-0.2, 0) is 0 Å². The molecule has 0 amide bonds. The Kier molecular flexibility index (Phi) is 3.87. The average Bonchev–Trinajstić information content (AvgIpc) is 3.22. The van der Waals surface area contributed by atoms with Gasteiger partial charge in [-0.2, -0.15) is 0 Å². The Labute approximate surface area is 166 Å². The van der Waals surface area contributed by atoms with Crippen LogP contribution in [0.15, 0.2) is 61.2 Å². The van der Waals surface area contributed by atoms with Gasteiger partial charge in [0.25, 0.3) is 0 Å². The summed E-state index contributed by atoms with van der Waals surface area (Å²) < 4.78 is 1.94. The summed E-state index contributed by atoms with van der Waals surface area (Å²) in [6, 6.07) is 13.3. The van der Waals surface area contributed by atoms with E-state index in [1.165, 1.54) is 0 Å². The highest BCUT2D eigenvalue weighted by Crippen LogP contribution is 2.36. The van der Waals surface area contributed by atoms with Gasteiger partial charge in [0, 0.05) is 29.4 Å². The highest BCUT2D eigenvalue weighted by Gasteiger charge is 2.16. The number of nitrogens with one attached hydrogen (secondary N) is 1. The molecule has 0 saturated carbocycles. The number of pyridine rings is 3. The maximum absolute atomic E-state index is 10.2. The number of hydrogen-bond donors (Lipinski definition) is 2. The van der Waals surface area contributed by atoms with E-state index in [0.717, 1.165) is 44.6 Å². The van der Waals surface area contributed by atoms with Gasteiger partial charge in [-0.05, 0) is 54.8 Å². The van der Waals surface area contributed by atoms with Gasteiger partial charge in [-0.3, -0.25) is 4.40 Å². The van der Waals surface area contributed by atoms with Gasteiger partial charge < -0.3 is 10.4 Å². The lowest BCUT2D eigenvalue weighted by Gasteiger charge is -2.14. The maximum atomic E-state index is 10.2. The molecule has 0 aliphatic carbocycles. The van der Waals surface area contributed by atoms with Gasteiger partial charge in [0.1, 0.15) is 23.7 Å². The van der Waals surface area contributed by atoms with Crippen LogP contribution in [0.2, 0.25) is 0 Å². The Morgan fingerprint density at radius 2 is 1.90 bits per heavy atom. The molecule has 7 heteroatoms. The van der Waals surface area contributed by atoms with Crippen LogP contribution in [0.3, 0.4) is 0 Å². The summed E-state index contributed by atoms with van der Waals surface area (Å²) in [6.45, 7) is 3.93. The van der Waals surface area contributed by atoms with Crippen LogP contribution in [-0.4, -0.2) is 29.7 Å². The van der Waals surface area contributed by atoms with E-state index in [4.69, 9.17) is 0 Å². The largest absolute Gasteiger partial charge is 0.508 e. The van der Waals surface area contributed by atoms with E-state index >= 15 is 0 Å². The predicted molar refractivity (Wildman–Crippen MR) is 112 cm³/mol. The third-order valence-electron chi connectivity index (χ3n) is 5.10. The first-order chi connectivity index (χ1) is 14.1. The Morgan fingerprint density at radius 3 is 2.72 bits per heavy atom. The summed E-state index contributed by atoms with van der Waals surface area (Å²) in [4.78, 5) is 8.82. The quantitative estimate of drug-likeness (QED) is 0.481. The van der Waals surface area contributed by atoms with Crippen molar-refractivity contribution in [3.63, 3.8) is 0 Å². The molecule has 2 N–H and O–H groups in total. The van der Waals surface area contributed by atoms with Crippen molar-refractivity contribution in [2.45, 2.75) is 13.8 Å². The van der Waals surface area contributed by atoms with Crippen molar-refractivity contribution in [3.8, 4) is 16.9 Å². The van der Waals surface area contributed by atoms with Crippen LogP contribution in [0.1, 0.15) is 11.1 Å². The van der Waals surface area contributed by atoms with Crippen molar-refractivity contribution in [1.29, 1.82) is 0 Å². The third kappa shape index (κ3) is 2.84. The zero-order valence-corrected chi connectivity index (χ0v) is 16.0. The summed E-state index contributed by atoms with van der Waals surface area (Å²) in [5.74, 6) is 1.67. The lowest BCUT2D eigenvalue weighted by molar-refractivity contribution is 0.471. The minimum absolute atomic E-state index is 0.261. The van der Waals surface area contributed by atoms with E-state index in [-0.39, 0.29) is 5.75 Å². The molecule has 0 radical (unpaired) electrons. The summed E-state index contributed by atoms with van der Waals surface area (Å²) in [6.07, 6.45) is 5.24. The first-order valence-corrected chi connectivity index (χ1v) is 9.22. The zero-order valence-electron chi connectivity index (χ0n) is 16.0. The molecule has 7 nitrogen and oxygen atoms in total. The van der Waals surface area contributed by atoms with Crippen LogP contribution >= 0.6 is 0 Å². The topological polar surface area (TPSA) is 88.2 Å². The fourth-order valence-electron chi connectivity index (χ4n) is 3.66. The molecule has 0 spiro atoms. The molecule has 5 rings (SSSR count). The number of aryl methyl sites for hydroxylation is 1. The molecule has 4 heterocycles. The second kappa shape index (κ2) is 6.56. The summed E-state index contributed by atoms with van der Waals surface area (Å²) in [5, 5.41) is 22.9. The predicted octanol–water partition coefficient (Wildman–Crippen LogP) is 4.41. The van der Waals surface area contributed by atoms with Crippen LogP contribution in [0.25, 0.3) is 27.7 Å². The molecule has 0 bridgehead atoms. The summed E-state index contributed by atoms with van der Waals surface area (Å²) >= 11 is 0. The number of hydrogen-bond acceptors (Lipinski definition) is 6. The number of phenols is 1. The number of fused-ring (bicyclic) bond motifs is 3. The van der Waals surface area contributed by atoms with E-state index < -0.39 is 0 Å². The number of aromatic nitrogens is 5. The van der Waals surface area contributed by atoms with Crippen LogP contribution < -0.4 is 5.32 Å². The maximum Gasteiger partial charge on any atom is 0.169 e. The molecule has 0 fully saturated rings. The highest BCUT2D eigenvalue weighted by atomic mass is 16.3. The molecular weight excluding hydrogens is 364 g/mol. The fourth-order valence-corrected chi connectivity index (χ4v) is 3.66. The van der Waals surface area contributed by atoms with E-state index in [9.17, 15) is 5.11 Å². The number of phenolic OH excluding ortho intramolecular Hbond substituents is 1. The minimum Gasteiger partial charge on any atom is -0.508 e. The third-order valence-corrected chi connectivity index (χ3v) is 5.10. The lowest BCUT2D eigenvalue weighted by Crippen LogP contribution is -1.99. The van der Waals surface area contributed by atoms with Gasteiger partial charge in [-0.15, -0.1) is 10.2 Å². The van der Waals surface area contributed by atoms with Crippen molar-refractivity contribution >= 4 is 28.2 Å². The zero-order chi connectivity index (χ0) is 20.0. The average molecular weight is 382 g/mol. The number of rotatable bonds is 3. The van der Waals surface area contributed by atoms with Gasteiger partial charge in [0.15, 0.2) is 5.65 Å². The smallest absolute Gasteiger partial charge is 0.169 e. The Bertz CT molecular complexity index is 1360. The molecule has 1 aromatic carbocycles. The molecule has 142 valence electrons. The monoisotopic (exact) mass is 382 g/mol. The summed E-state index contributed by atoms with van der Waals surface area (Å²) in [7, 11) is 0. The molecule has 4 aromatic heterocycles. The SMILES string of the molecule is Cc1ccc(O)c(C)c1-c1cc2cnc(Nc3ccccn3)cc2n2cnnc12. The van der Waals surface area contributed by atoms with Gasteiger partial charge >= 0.3 is 0 Å². The van der Waals surface area contributed by atoms with Crippen molar-refractivity contribution in [2.24, 2.45) is 0 Å². The molecule has 0 unspecified atom stereocenters. The number of nitrogens with zero attached hydrogens (tertiary/aromatic N) is 5. The summed E-state index contributed by atoms with van der Waals surface area (Å²) in [5.41, 5.74) is 5.40. The number of anilines is 2. The lowest BCUT2D eigenvalue weighted by atomic mass is 9.95. The van der Waals surface area contributed by atoms with Crippen molar-refractivity contribution in [1.82, 2.24) is 24.6 Å². The molecule has 0 saturated heterocycles.